The minimum atomic E-state index is -0.307. The van der Waals surface area contributed by atoms with Crippen molar-refractivity contribution >= 4 is 5.91 Å². The van der Waals surface area contributed by atoms with Crippen molar-refractivity contribution in [1.29, 1.82) is 0 Å². The number of hydrogen-bond acceptors (Lipinski definition) is 2. The van der Waals surface area contributed by atoms with E-state index in [4.69, 9.17) is 0 Å². The first-order valence-corrected chi connectivity index (χ1v) is 6.31. The van der Waals surface area contributed by atoms with Crippen LogP contribution < -0.4 is 0 Å². The van der Waals surface area contributed by atoms with E-state index < -0.39 is 0 Å². The van der Waals surface area contributed by atoms with E-state index in [0.29, 0.717) is 6.54 Å². The molecule has 0 saturated heterocycles. The average molecular weight is 273 g/mol. The standard InChI is InChI=1S/C16H16FNO2/c1-18(11-13-4-8-15(19)9-5-13)16(20)10-12-2-6-14(17)7-3-12/h2-9,19H,10-11H2,1H3. The van der Waals surface area contributed by atoms with Gasteiger partial charge in [0.25, 0.3) is 0 Å². The fourth-order valence-corrected chi connectivity index (χ4v) is 1.88. The Morgan fingerprint density at radius 3 is 2.20 bits per heavy atom. The van der Waals surface area contributed by atoms with Crippen LogP contribution in [-0.4, -0.2) is 23.0 Å². The van der Waals surface area contributed by atoms with Crippen molar-refractivity contribution in [2.75, 3.05) is 7.05 Å². The maximum Gasteiger partial charge on any atom is 0.227 e. The summed E-state index contributed by atoms with van der Waals surface area (Å²) in [6.07, 6.45) is 0.245. The topological polar surface area (TPSA) is 40.5 Å². The third-order valence-electron chi connectivity index (χ3n) is 3.05. The van der Waals surface area contributed by atoms with Crippen molar-refractivity contribution in [3.63, 3.8) is 0 Å². The van der Waals surface area contributed by atoms with Gasteiger partial charge in [-0.15, -0.1) is 0 Å². The lowest BCUT2D eigenvalue weighted by molar-refractivity contribution is -0.129. The molecule has 2 aromatic rings. The van der Waals surface area contributed by atoms with Gasteiger partial charge < -0.3 is 10.0 Å². The fraction of sp³-hybridized carbons (Fsp3) is 0.188. The lowest BCUT2D eigenvalue weighted by Crippen LogP contribution is -2.27. The minimum Gasteiger partial charge on any atom is -0.508 e. The van der Waals surface area contributed by atoms with Gasteiger partial charge >= 0.3 is 0 Å². The molecular formula is C16H16FNO2. The molecule has 0 radical (unpaired) electrons. The highest BCUT2D eigenvalue weighted by Crippen LogP contribution is 2.12. The predicted octanol–water partition coefficient (Wildman–Crippen LogP) is 2.73. The zero-order valence-corrected chi connectivity index (χ0v) is 11.2. The molecule has 0 aromatic heterocycles. The Morgan fingerprint density at radius 1 is 1.05 bits per heavy atom. The van der Waals surface area contributed by atoms with Crippen molar-refractivity contribution in [2.24, 2.45) is 0 Å². The van der Waals surface area contributed by atoms with Crippen LogP contribution >= 0.6 is 0 Å². The summed E-state index contributed by atoms with van der Waals surface area (Å²) in [6.45, 7) is 0.473. The third-order valence-corrected chi connectivity index (χ3v) is 3.05. The SMILES string of the molecule is CN(Cc1ccc(O)cc1)C(=O)Cc1ccc(F)cc1. The van der Waals surface area contributed by atoms with E-state index in [-0.39, 0.29) is 23.9 Å². The number of aromatic hydroxyl groups is 1. The van der Waals surface area contributed by atoms with Crippen LogP contribution in [0.4, 0.5) is 4.39 Å². The summed E-state index contributed by atoms with van der Waals surface area (Å²) < 4.78 is 12.8. The van der Waals surface area contributed by atoms with Crippen molar-refractivity contribution in [1.82, 2.24) is 4.90 Å². The van der Waals surface area contributed by atoms with Crippen LogP contribution in [0, 0.1) is 5.82 Å². The number of nitrogens with zero attached hydrogens (tertiary/aromatic N) is 1. The van der Waals surface area contributed by atoms with E-state index in [1.807, 2.05) is 0 Å². The van der Waals surface area contributed by atoms with Crippen LogP contribution in [0.2, 0.25) is 0 Å². The van der Waals surface area contributed by atoms with Crippen LogP contribution in [0.25, 0.3) is 0 Å². The summed E-state index contributed by atoms with van der Waals surface area (Å²) in [5.74, 6) is -0.141. The zero-order valence-electron chi connectivity index (χ0n) is 11.2. The molecule has 1 amide bonds. The Hall–Kier alpha value is -2.36. The Labute approximate surface area is 117 Å². The van der Waals surface area contributed by atoms with Gasteiger partial charge in [0.1, 0.15) is 11.6 Å². The van der Waals surface area contributed by atoms with Gasteiger partial charge in [0.2, 0.25) is 5.91 Å². The molecule has 0 saturated carbocycles. The van der Waals surface area contributed by atoms with Gasteiger partial charge in [-0.1, -0.05) is 24.3 Å². The molecule has 1 N–H and O–H groups in total. The molecule has 104 valence electrons. The molecule has 0 aliphatic heterocycles. The van der Waals surface area contributed by atoms with E-state index in [0.717, 1.165) is 11.1 Å². The van der Waals surface area contributed by atoms with Crippen molar-refractivity contribution in [3.05, 3.63) is 65.5 Å². The first-order chi connectivity index (χ1) is 9.54. The van der Waals surface area contributed by atoms with E-state index >= 15 is 0 Å². The molecule has 2 rings (SSSR count). The second-order valence-electron chi connectivity index (χ2n) is 4.72. The quantitative estimate of drug-likeness (QED) is 0.930. The second-order valence-corrected chi connectivity index (χ2v) is 4.72. The lowest BCUT2D eigenvalue weighted by Gasteiger charge is -2.17. The Morgan fingerprint density at radius 2 is 1.60 bits per heavy atom. The number of rotatable bonds is 4. The van der Waals surface area contributed by atoms with Gasteiger partial charge in [-0.25, -0.2) is 4.39 Å². The van der Waals surface area contributed by atoms with Gasteiger partial charge in [-0.2, -0.15) is 0 Å². The predicted molar refractivity (Wildman–Crippen MR) is 74.7 cm³/mol. The van der Waals surface area contributed by atoms with Gasteiger partial charge in [0, 0.05) is 13.6 Å². The van der Waals surface area contributed by atoms with Crippen LogP contribution in [0.5, 0.6) is 5.75 Å². The number of likely N-dealkylation sites (N-methyl/N-ethyl adjacent to an activating group) is 1. The van der Waals surface area contributed by atoms with Crippen LogP contribution in [-0.2, 0) is 17.8 Å². The summed E-state index contributed by atoms with van der Waals surface area (Å²) in [4.78, 5) is 13.7. The number of hydrogen-bond donors (Lipinski definition) is 1. The number of halogens is 1. The lowest BCUT2D eigenvalue weighted by atomic mass is 10.1. The van der Waals surface area contributed by atoms with Crippen molar-refractivity contribution in [3.8, 4) is 5.75 Å². The minimum absolute atomic E-state index is 0.0373. The van der Waals surface area contributed by atoms with Crippen LogP contribution in [0.15, 0.2) is 48.5 Å². The summed E-state index contributed by atoms with van der Waals surface area (Å²) in [7, 11) is 1.72. The molecule has 0 bridgehead atoms. The normalized spacial score (nSPS) is 10.3. The summed E-state index contributed by atoms with van der Waals surface area (Å²) >= 11 is 0. The molecule has 20 heavy (non-hydrogen) atoms. The molecule has 0 unspecified atom stereocenters. The second kappa shape index (κ2) is 6.19. The van der Waals surface area contributed by atoms with Crippen LogP contribution in [0.3, 0.4) is 0 Å². The zero-order chi connectivity index (χ0) is 14.5. The van der Waals surface area contributed by atoms with Gasteiger partial charge in [0.05, 0.1) is 6.42 Å². The molecule has 0 atom stereocenters. The number of carbonyl (C=O) groups is 1. The maximum atomic E-state index is 12.8. The highest BCUT2D eigenvalue weighted by atomic mass is 19.1. The van der Waals surface area contributed by atoms with E-state index in [2.05, 4.69) is 0 Å². The van der Waals surface area contributed by atoms with Gasteiger partial charge in [-0.05, 0) is 35.4 Å². The Balaban J connectivity index is 1.94. The average Bonchev–Trinajstić information content (AvgIpc) is 2.44. The van der Waals surface area contributed by atoms with E-state index in [1.165, 1.54) is 12.1 Å². The fourth-order valence-electron chi connectivity index (χ4n) is 1.88. The Kier molecular flexibility index (Phi) is 4.35. The highest BCUT2D eigenvalue weighted by Gasteiger charge is 2.10. The third kappa shape index (κ3) is 3.82. The van der Waals surface area contributed by atoms with Crippen LogP contribution in [0.1, 0.15) is 11.1 Å². The molecule has 2 aromatic carbocycles. The van der Waals surface area contributed by atoms with Crippen molar-refractivity contribution < 1.29 is 14.3 Å². The molecule has 4 heteroatoms. The largest absolute Gasteiger partial charge is 0.508 e. The van der Waals surface area contributed by atoms with Gasteiger partial charge in [-0.3, -0.25) is 4.79 Å². The van der Waals surface area contributed by atoms with Gasteiger partial charge in [0.15, 0.2) is 0 Å². The first kappa shape index (κ1) is 14.1. The molecular weight excluding hydrogens is 257 g/mol. The molecule has 0 heterocycles. The number of amides is 1. The van der Waals surface area contributed by atoms with Crippen molar-refractivity contribution in [2.45, 2.75) is 13.0 Å². The monoisotopic (exact) mass is 273 g/mol. The summed E-state index contributed by atoms with van der Waals surface area (Å²) in [6, 6.07) is 12.7. The molecule has 0 spiro atoms. The number of carbonyl (C=O) groups excluding carboxylic acids is 1. The number of phenols is 1. The summed E-state index contributed by atoms with van der Waals surface area (Å²) in [5, 5.41) is 9.21. The number of phenolic OH excluding ortho intramolecular Hbond substituents is 1. The number of benzene rings is 2. The highest BCUT2D eigenvalue weighted by molar-refractivity contribution is 5.78. The first-order valence-electron chi connectivity index (χ1n) is 6.31. The molecule has 0 fully saturated rings. The molecule has 3 nitrogen and oxygen atoms in total. The molecule has 0 aliphatic rings. The van der Waals surface area contributed by atoms with E-state index in [9.17, 15) is 14.3 Å². The molecule has 0 aliphatic carbocycles. The maximum absolute atomic E-state index is 12.8. The smallest absolute Gasteiger partial charge is 0.227 e. The van der Waals surface area contributed by atoms with E-state index in [1.54, 1.807) is 48.3 Å². The Bertz CT molecular complexity index is 578. The summed E-state index contributed by atoms with van der Waals surface area (Å²) in [5.41, 5.74) is 1.73.